The lowest BCUT2D eigenvalue weighted by Crippen LogP contribution is -2.63. The zero-order valence-electron chi connectivity index (χ0n) is 22.1. The number of likely N-dealkylation sites (tertiary alicyclic amines) is 1. The van der Waals surface area contributed by atoms with E-state index in [9.17, 15) is 33.0 Å². The fourth-order valence-electron chi connectivity index (χ4n) is 5.08. The number of hydrogen-bond acceptors (Lipinski definition) is 8. The van der Waals surface area contributed by atoms with E-state index in [4.69, 9.17) is 11.5 Å². The minimum atomic E-state index is -4.46. The standard InChI is InChI=1S/C25H36N6O7S/c1-14-8-10-31(19(12-14)22(32)33)16(3)18(29-24(26)36)7-9-25(27,23(34)35)30-39(37,38)20-6-4-5-17-11-15(2)13-28-21(17)20/h4-6,11,13-14,16,18-19,30H,7-10,12,27H2,1-3H3,(H,32,33)(H,34,35)(H3,26,29,36)/t14-,16?,18+,19-,25+/m1/s1. The second kappa shape index (κ2) is 11.8. The molecule has 0 bridgehead atoms. The third kappa shape index (κ3) is 7.01. The lowest BCUT2D eigenvalue weighted by molar-refractivity contribution is -0.146. The first kappa shape index (κ1) is 30.2. The van der Waals surface area contributed by atoms with Gasteiger partial charge in [0, 0.05) is 23.7 Å². The quantitative estimate of drug-likeness (QED) is 0.212. The first-order valence-electron chi connectivity index (χ1n) is 12.6. The lowest BCUT2D eigenvalue weighted by atomic mass is 9.89. The van der Waals surface area contributed by atoms with E-state index in [0.717, 1.165) is 12.0 Å². The van der Waals surface area contributed by atoms with Crippen LogP contribution in [0, 0.1) is 12.8 Å². The van der Waals surface area contributed by atoms with Crippen LogP contribution in [0.5, 0.6) is 0 Å². The highest BCUT2D eigenvalue weighted by Crippen LogP contribution is 2.28. The van der Waals surface area contributed by atoms with Crippen molar-refractivity contribution >= 4 is 38.9 Å². The number of carbonyl (C=O) groups is 3. The average Bonchev–Trinajstić information content (AvgIpc) is 2.84. The van der Waals surface area contributed by atoms with Crippen LogP contribution in [0.2, 0.25) is 0 Å². The Labute approximate surface area is 227 Å². The first-order chi connectivity index (χ1) is 18.1. The number of nitrogens with two attached hydrogens (primary N) is 2. The molecule has 1 aliphatic rings. The summed E-state index contributed by atoms with van der Waals surface area (Å²) in [6.45, 7) is 5.93. The van der Waals surface area contributed by atoms with E-state index in [1.807, 2.05) is 13.8 Å². The maximum Gasteiger partial charge on any atom is 0.339 e. The van der Waals surface area contributed by atoms with Crippen molar-refractivity contribution in [3.63, 3.8) is 0 Å². The summed E-state index contributed by atoms with van der Waals surface area (Å²) in [5, 5.41) is 22.8. The third-order valence-corrected chi connectivity index (χ3v) is 8.81. The van der Waals surface area contributed by atoms with Gasteiger partial charge in [-0.15, -0.1) is 0 Å². The molecule has 8 N–H and O–H groups in total. The summed E-state index contributed by atoms with van der Waals surface area (Å²) in [4.78, 5) is 41.7. The molecule has 39 heavy (non-hydrogen) atoms. The van der Waals surface area contributed by atoms with E-state index in [1.165, 1.54) is 18.3 Å². The monoisotopic (exact) mass is 564 g/mol. The molecule has 1 aliphatic heterocycles. The zero-order chi connectivity index (χ0) is 29.1. The first-order valence-corrected chi connectivity index (χ1v) is 14.1. The van der Waals surface area contributed by atoms with Crippen molar-refractivity contribution in [3.8, 4) is 0 Å². The van der Waals surface area contributed by atoms with E-state index in [1.54, 1.807) is 24.0 Å². The van der Waals surface area contributed by atoms with Gasteiger partial charge in [0.1, 0.15) is 10.9 Å². The number of hydrogen-bond donors (Lipinski definition) is 6. The summed E-state index contributed by atoms with van der Waals surface area (Å²) in [5.41, 5.74) is 10.0. The highest BCUT2D eigenvalue weighted by molar-refractivity contribution is 7.89. The number of aliphatic carboxylic acids is 2. The molecular formula is C25H36N6O7S. The van der Waals surface area contributed by atoms with Crippen molar-refractivity contribution in [3.05, 3.63) is 36.0 Å². The summed E-state index contributed by atoms with van der Waals surface area (Å²) in [5.74, 6) is -2.44. The molecular weight excluding hydrogens is 528 g/mol. The number of rotatable bonds is 11. The molecule has 3 rings (SSSR count). The van der Waals surface area contributed by atoms with E-state index in [-0.39, 0.29) is 22.8 Å². The highest BCUT2D eigenvalue weighted by Gasteiger charge is 2.42. The predicted molar refractivity (Wildman–Crippen MR) is 143 cm³/mol. The number of aromatic nitrogens is 1. The molecule has 0 spiro atoms. The number of primary amides is 1. The molecule has 2 heterocycles. The molecule has 1 saturated heterocycles. The Morgan fingerprint density at radius 3 is 2.59 bits per heavy atom. The molecule has 1 aromatic carbocycles. The summed E-state index contributed by atoms with van der Waals surface area (Å²) in [6.07, 6.45) is 2.11. The highest BCUT2D eigenvalue weighted by atomic mass is 32.2. The number of amides is 2. The minimum Gasteiger partial charge on any atom is -0.480 e. The second-order valence-corrected chi connectivity index (χ2v) is 12.0. The molecule has 13 nitrogen and oxygen atoms in total. The molecule has 2 aromatic rings. The summed E-state index contributed by atoms with van der Waals surface area (Å²) >= 11 is 0. The molecule has 214 valence electrons. The molecule has 1 unspecified atom stereocenters. The molecule has 0 saturated carbocycles. The van der Waals surface area contributed by atoms with E-state index >= 15 is 0 Å². The number of carboxylic acids is 2. The Kier molecular flexibility index (Phi) is 9.16. The van der Waals surface area contributed by atoms with Crippen LogP contribution in [-0.4, -0.2) is 76.8 Å². The van der Waals surface area contributed by atoms with E-state index in [0.29, 0.717) is 18.4 Å². The van der Waals surface area contributed by atoms with Gasteiger partial charge in [-0.05, 0) is 69.7 Å². The number of nitrogens with one attached hydrogen (secondary N) is 2. The Hall–Kier alpha value is -3.33. The van der Waals surface area contributed by atoms with Gasteiger partial charge in [-0.2, -0.15) is 4.72 Å². The van der Waals surface area contributed by atoms with Crippen LogP contribution in [0.1, 0.15) is 45.1 Å². The third-order valence-electron chi connectivity index (χ3n) is 7.27. The molecule has 1 aromatic heterocycles. The smallest absolute Gasteiger partial charge is 0.339 e. The van der Waals surface area contributed by atoms with Gasteiger partial charge in [-0.25, -0.2) is 18.0 Å². The maximum atomic E-state index is 13.3. The van der Waals surface area contributed by atoms with Gasteiger partial charge >= 0.3 is 18.0 Å². The van der Waals surface area contributed by atoms with Crippen LogP contribution in [0.4, 0.5) is 4.79 Å². The number of nitrogens with zero attached hydrogens (tertiary/aromatic N) is 2. The average molecular weight is 565 g/mol. The topological polar surface area (TPSA) is 218 Å². The van der Waals surface area contributed by atoms with Crippen molar-refractivity contribution in [2.75, 3.05) is 6.54 Å². The van der Waals surface area contributed by atoms with Gasteiger partial charge in [0.2, 0.25) is 10.0 Å². The van der Waals surface area contributed by atoms with Gasteiger partial charge in [-0.1, -0.05) is 19.1 Å². The molecule has 0 radical (unpaired) electrons. The fourth-order valence-corrected chi connectivity index (χ4v) is 6.54. The Morgan fingerprint density at radius 2 is 1.97 bits per heavy atom. The van der Waals surface area contributed by atoms with Crippen LogP contribution >= 0.6 is 0 Å². The zero-order valence-corrected chi connectivity index (χ0v) is 22.9. The number of carbonyl (C=O) groups excluding carboxylic acids is 1. The molecule has 5 atom stereocenters. The Balaban J connectivity index is 1.87. The number of benzene rings is 1. The van der Waals surface area contributed by atoms with E-state index < -0.39 is 58.2 Å². The molecule has 1 fully saturated rings. The van der Waals surface area contributed by atoms with Crippen LogP contribution in [0.25, 0.3) is 10.9 Å². The van der Waals surface area contributed by atoms with Gasteiger partial charge in [0.25, 0.3) is 0 Å². The minimum absolute atomic E-state index is 0.110. The number of aryl methyl sites for hydroxylation is 1. The number of piperidine rings is 1. The van der Waals surface area contributed by atoms with Crippen molar-refractivity contribution in [1.29, 1.82) is 0 Å². The van der Waals surface area contributed by atoms with Crippen molar-refractivity contribution in [2.45, 2.75) is 75.1 Å². The lowest BCUT2D eigenvalue weighted by Gasteiger charge is -2.43. The van der Waals surface area contributed by atoms with Gasteiger partial charge in [0.05, 0.1) is 5.52 Å². The Morgan fingerprint density at radius 1 is 1.28 bits per heavy atom. The maximum absolute atomic E-state index is 13.3. The summed E-state index contributed by atoms with van der Waals surface area (Å²) < 4.78 is 28.8. The van der Waals surface area contributed by atoms with Crippen molar-refractivity contribution < 1.29 is 33.0 Å². The number of urea groups is 1. The van der Waals surface area contributed by atoms with Crippen molar-refractivity contribution in [1.82, 2.24) is 19.9 Å². The molecule has 0 aliphatic carbocycles. The summed E-state index contributed by atoms with van der Waals surface area (Å²) in [6, 6.07) is 3.19. The number of carboxylic acid groups (broad SMARTS) is 2. The van der Waals surface area contributed by atoms with Gasteiger partial charge in [0.15, 0.2) is 5.66 Å². The van der Waals surface area contributed by atoms with Gasteiger partial charge in [-0.3, -0.25) is 14.7 Å². The molecule has 2 amide bonds. The normalized spacial score (nSPS) is 21.5. The van der Waals surface area contributed by atoms with E-state index in [2.05, 4.69) is 15.0 Å². The number of sulfonamides is 1. The second-order valence-electron chi connectivity index (χ2n) is 10.3. The fraction of sp³-hybridized carbons (Fsp3) is 0.520. The summed E-state index contributed by atoms with van der Waals surface area (Å²) in [7, 11) is -4.46. The predicted octanol–water partition coefficient (Wildman–Crippen LogP) is 0.952. The largest absolute Gasteiger partial charge is 0.480 e. The number of pyridine rings is 1. The van der Waals surface area contributed by atoms with Gasteiger partial charge < -0.3 is 27.0 Å². The van der Waals surface area contributed by atoms with Crippen molar-refractivity contribution in [2.24, 2.45) is 17.4 Å². The van der Waals surface area contributed by atoms with Crippen LogP contribution in [0.15, 0.2) is 35.4 Å². The number of para-hydroxylation sites is 1. The molecule has 14 heteroatoms. The SMILES string of the molecule is Cc1cnc2c(S(=O)(=O)N[C@@](N)(CC[C@H](NC(N)=O)C(C)N3CC[C@@H](C)C[C@@H]3C(=O)O)C(=O)O)cccc2c1. The Bertz CT molecular complexity index is 1350. The van der Waals surface area contributed by atoms with Crippen LogP contribution in [0.3, 0.4) is 0 Å². The number of fused-ring (bicyclic) bond motifs is 1. The van der Waals surface area contributed by atoms with Crippen LogP contribution in [-0.2, 0) is 19.6 Å². The van der Waals surface area contributed by atoms with Crippen LogP contribution < -0.4 is 21.5 Å².